The number of imidazole rings is 1. The van der Waals surface area contributed by atoms with E-state index in [2.05, 4.69) is 10.3 Å². The van der Waals surface area contributed by atoms with E-state index in [0.717, 1.165) is 0 Å². The molecule has 1 aromatic heterocycles. The van der Waals surface area contributed by atoms with E-state index >= 15 is 0 Å². The topological polar surface area (TPSA) is 64.0 Å². The van der Waals surface area contributed by atoms with Crippen LogP contribution in [0.2, 0.25) is 0 Å². The number of anilines is 1. The normalized spacial score (nSPS) is 16.0. The fourth-order valence-electron chi connectivity index (χ4n) is 0.989. The van der Waals surface area contributed by atoms with Crippen molar-refractivity contribution in [3.05, 3.63) is 12.4 Å². The number of carbonyl (C=O) groups is 2. The lowest BCUT2D eigenvalue weighted by Crippen LogP contribution is -2.28. The molecule has 11 heavy (non-hydrogen) atoms. The smallest absolute Gasteiger partial charge is 0.242 e. The third kappa shape index (κ3) is 0.813. The molecule has 1 amide bonds. The highest BCUT2D eigenvalue weighted by Crippen LogP contribution is 2.10. The van der Waals surface area contributed by atoms with Crippen molar-refractivity contribution in [1.29, 1.82) is 0 Å². The summed E-state index contributed by atoms with van der Waals surface area (Å²) in [6, 6.07) is 0. The van der Waals surface area contributed by atoms with Gasteiger partial charge in [-0.25, -0.2) is 4.98 Å². The van der Waals surface area contributed by atoms with Crippen molar-refractivity contribution < 1.29 is 9.59 Å². The molecule has 0 saturated heterocycles. The first-order valence-corrected chi connectivity index (χ1v) is 3.14. The predicted molar refractivity (Wildman–Crippen MR) is 36.1 cm³/mol. The maximum Gasteiger partial charge on any atom is 0.242 e. The highest BCUT2D eigenvalue weighted by atomic mass is 16.2. The van der Waals surface area contributed by atoms with Crippen LogP contribution in [0.5, 0.6) is 0 Å². The van der Waals surface area contributed by atoms with Gasteiger partial charge < -0.3 is 0 Å². The minimum absolute atomic E-state index is 0.0939. The Balaban J connectivity index is 2.52. The zero-order valence-corrected chi connectivity index (χ0v) is 5.57. The second-order valence-electron chi connectivity index (χ2n) is 2.24. The number of hydrogen-bond acceptors (Lipinski definition) is 3. The lowest BCUT2D eigenvalue weighted by Gasteiger charge is -2.11. The molecule has 1 N–H and O–H groups in total. The van der Waals surface area contributed by atoms with Crippen molar-refractivity contribution >= 4 is 17.8 Å². The van der Waals surface area contributed by atoms with Crippen LogP contribution in [0.25, 0.3) is 0 Å². The number of aromatic nitrogens is 2. The van der Waals surface area contributed by atoms with Gasteiger partial charge in [-0.3, -0.25) is 19.5 Å². The van der Waals surface area contributed by atoms with Crippen LogP contribution in [0, 0.1) is 0 Å². The van der Waals surface area contributed by atoms with Gasteiger partial charge in [-0.05, 0) is 0 Å². The van der Waals surface area contributed by atoms with Gasteiger partial charge in [0.05, 0.1) is 0 Å². The molecule has 0 spiro atoms. The van der Waals surface area contributed by atoms with Crippen LogP contribution in [0.1, 0.15) is 11.2 Å². The molecule has 1 aromatic rings. The van der Waals surface area contributed by atoms with E-state index in [-0.39, 0.29) is 18.2 Å². The van der Waals surface area contributed by atoms with E-state index in [1.165, 1.54) is 17.0 Å². The standard InChI is InChI=1S/C6H5N3O2/c10-4-3-5(11)9-2-1-7-6(9)8-4/h1-2H,3H2,(H,7,8,10). The predicted octanol–water partition coefficient (Wildman–Crippen LogP) is -0.135. The first-order valence-electron chi connectivity index (χ1n) is 3.14. The summed E-state index contributed by atoms with van der Waals surface area (Å²) in [6.07, 6.45) is 2.90. The Kier molecular flexibility index (Phi) is 1.06. The number of nitrogens with one attached hydrogen (secondary N) is 1. The van der Waals surface area contributed by atoms with Crippen LogP contribution in [0.15, 0.2) is 12.4 Å². The van der Waals surface area contributed by atoms with Crippen molar-refractivity contribution in [3.63, 3.8) is 0 Å². The van der Waals surface area contributed by atoms with Crippen LogP contribution in [-0.4, -0.2) is 21.4 Å². The Hall–Kier alpha value is -1.65. The number of amides is 1. The van der Waals surface area contributed by atoms with Crippen LogP contribution in [-0.2, 0) is 4.79 Å². The minimum atomic E-state index is -0.297. The molecule has 1 aliphatic rings. The SMILES string of the molecule is O=C1CC(=O)n2ccnc2N1. The highest BCUT2D eigenvalue weighted by Gasteiger charge is 2.21. The van der Waals surface area contributed by atoms with Gasteiger partial charge in [-0.1, -0.05) is 0 Å². The van der Waals surface area contributed by atoms with E-state index in [9.17, 15) is 9.59 Å². The molecular weight excluding hydrogens is 146 g/mol. The van der Waals surface area contributed by atoms with Gasteiger partial charge in [-0.15, -0.1) is 0 Å². The molecule has 0 radical (unpaired) electrons. The molecule has 0 saturated carbocycles. The van der Waals surface area contributed by atoms with Crippen molar-refractivity contribution in [2.45, 2.75) is 6.42 Å². The van der Waals surface area contributed by atoms with Gasteiger partial charge >= 0.3 is 0 Å². The lowest BCUT2D eigenvalue weighted by atomic mass is 10.3. The average molecular weight is 151 g/mol. The summed E-state index contributed by atoms with van der Waals surface area (Å²) in [5.74, 6) is -0.221. The minimum Gasteiger partial charge on any atom is -0.295 e. The molecule has 5 nitrogen and oxygen atoms in total. The van der Waals surface area contributed by atoms with Crippen LogP contribution in [0.3, 0.4) is 0 Å². The van der Waals surface area contributed by atoms with E-state index < -0.39 is 0 Å². The second-order valence-corrected chi connectivity index (χ2v) is 2.24. The van der Waals surface area contributed by atoms with Crippen LogP contribution < -0.4 is 5.32 Å². The summed E-state index contributed by atoms with van der Waals surface area (Å²) < 4.78 is 1.32. The van der Waals surface area contributed by atoms with Crippen LogP contribution in [0.4, 0.5) is 5.95 Å². The Morgan fingerprint density at radius 1 is 1.55 bits per heavy atom. The molecule has 0 unspecified atom stereocenters. The van der Waals surface area contributed by atoms with E-state index in [1.807, 2.05) is 0 Å². The fraction of sp³-hybridized carbons (Fsp3) is 0.167. The number of nitrogens with zero attached hydrogens (tertiary/aromatic N) is 2. The van der Waals surface area contributed by atoms with Gasteiger partial charge in [0.15, 0.2) is 0 Å². The summed E-state index contributed by atoms with van der Waals surface area (Å²) in [5.41, 5.74) is 0. The van der Waals surface area contributed by atoms with Gasteiger partial charge in [-0.2, -0.15) is 0 Å². The molecule has 0 atom stereocenters. The Morgan fingerprint density at radius 3 is 3.18 bits per heavy atom. The van der Waals surface area contributed by atoms with Crippen molar-refractivity contribution in [2.24, 2.45) is 0 Å². The van der Waals surface area contributed by atoms with Crippen molar-refractivity contribution in [2.75, 3.05) is 5.32 Å². The number of hydrogen-bond donors (Lipinski definition) is 1. The van der Waals surface area contributed by atoms with Gasteiger partial charge in [0.1, 0.15) is 6.42 Å². The molecular formula is C6H5N3O2. The molecule has 5 heteroatoms. The largest absolute Gasteiger partial charge is 0.295 e. The first kappa shape index (κ1) is 6.09. The van der Waals surface area contributed by atoms with Crippen molar-refractivity contribution in [3.8, 4) is 0 Å². The lowest BCUT2D eigenvalue weighted by molar-refractivity contribution is -0.115. The maximum atomic E-state index is 11.0. The zero-order chi connectivity index (χ0) is 7.84. The summed E-state index contributed by atoms with van der Waals surface area (Å²) in [7, 11) is 0. The van der Waals surface area contributed by atoms with Gasteiger partial charge in [0.2, 0.25) is 17.8 Å². The Morgan fingerprint density at radius 2 is 2.36 bits per heavy atom. The van der Waals surface area contributed by atoms with Gasteiger partial charge in [0, 0.05) is 12.4 Å². The molecule has 0 bridgehead atoms. The summed E-state index contributed by atoms with van der Waals surface area (Å²) >= 11 is 0. The molecule has 2 rings (SSSR count). The summed E-state index contributed by atoms with van der Waals surface area (Å²) in [4.78, 5) is 25.5. The molecule has 0 fully saturated rings. The third-order valence-electron chi connectivity index (χ3n) is 1.47. The third-order valence-corrected chi connectivity index (χ3v) is 1.47. The Labute approximate surface area is 62.0 Å². The molecule has 1 aliphatic heterocycles. The van der Waals surface area contributed by atoms with E-state index in [4.69, 9.17) is 0 Å². The second kappa shape index (κ2) is 1.91. The number of fused-ring (bicyclic) bond motifs is 1. The maximum absolute atomic E-state index is 11.0. The molecule has 0 aliphatic carbocycles. The van der Waals surface area contributed by atoms with E-state index in [0.29, 0.717) is 5.95 Å². The molecule has 2 heterocycles. The first-order chi connectivity index (χ1) is 5.27. The summed E-state index contributed by atoms with van der Waals surface area (Å²) in [5, 5.41) is 2.46. The van der Waals surface area contributed by atoms with Gasteiger partial charge in [0.25, 0.3) is 0 Å². The highest BCUT2D eigenvalue weighted by molar-refractivity contribution is 6.08. The van der Waals surface area contributed by atoms with Crippen LogP contribution >= 0.6 is 0 Å². The fourth-order valence-corrected chi connectivity index (χ4v) is 0.989. The average Bonchev–Trinajstić information content (AvgIpc) is 2.34. The number of rotatable bonds is 0. The quantitative estimate of drug-likeness (QED) is 0.525. The molecule has 0 aromatic carbocycles. The monoisotopic (exact) mass is 151 g/mol. The Bertz CT molecular complexity index is 328. The summed E-state index contributed by atoms with van der Waals surface area (Å²) in [6.45, 7) is 0. The number of carbonyl (C=O) groups excluding carboxylic acids is 2. The van der Waals surface area contributed by atoms with E-state index in [1.54, 1.807) is 0 Å². The van der Waals surface area contributed by atoms with Crippen molar-refractivity contribution in [1.82, 2.24) is 9.55 Å². The molecule has 56 valence electrons. The zero-order valence-electron chi connectivity index (χ0n) is 5.57.